The number of phenolic OH excluding ortho intramolecular Hbond substituents is 2. The van der Waals surface area contributed by atoms with Gasteiger partial charge < -0.3 is 19.7 Å². The highest BCUT2D eigenvalue weighted by atomic mass is 16.5. The lowest BCUT2D eigenvalue weighted by molar-refractivity contribution is 0.0597. The number of allylic oxidation sites excluding steroid dienone is 3. The predicted molar refractivity (Wildman–Crippen MR) is 125 cm³/mol. The smallest absolute Gasteiger partial charge is 0.341 e. The molecule has 1 atom stereocenters. The first-order valence-corrected chi connectivity index (χ1v) is 10.2. The molecule has 0 aliphatic heterocycles. The molecule has 172 valence electrons. The second-order valence-corrected chi connectivity index (χ2v) is 7.43. The highest BCUT2D eigenvalue weighted by Gasteiger charge is 2.12. The van der Waals surface area contributed by atoms with Crippen LogP contribution in [0.4, 0.5) is 0 Å². The van der Waals surface area contributed by atoms with Crippen molar-refractivity contribution in [2.45, 2.75) is 33.1 Å². The van der Waals surface area contributed by atoms with E-state index in [4.69, 9.17) is 14.9 Å². The third-order valence-corrected chi connectivity index (χ3v) is 4.98. The molecule has 6 nitrogen and oxygen atoms in total. The normalized spacial score (nSPS) is 14.4. The van der Waals surface area contributed by atoms with Crippen molar-refractivity contribution in [1.29, 1.82) is 0 Å². The monoisotopic (exact) mass is 440 g/mol. The third kappa shape index (κ3) is 8.68. The van der Waals surface area contributed by atoms with Crippen molar-refractivity contribution in [1.82, 2.24) is 0 Å². The zero-order chi connectivity index (χ0) is 24.1. The Kier molecular flexibility index (Phi) is 11.3. The summed E-state index contributed by atoms with van der Waals surface area (Å²) in [5.74, 6) is 0.541. The van der Waals surface area contributed by atoms with Gasteiger partial charge in [0.2, 0.25) is 0 Å². The minimum atomic E-state index is -0.525. The number of ether oxygens (including phenoxy) is 2. The van der Waals surface area contributed by atoms with Crippen LogP contribution in [0.15, 0.2) is 66.3 Å². The summed E-state index contributed by atoms with van der Waals surface area (Å²) in [6.07, 6.45) is 6.86. The maximum atomic E-state index is 10.9. The fraction of sp³-hybridized carbons (Fsp3) is 0.308. The number of carbonyl (C=O) groups excluding carboxylic acids is 2. The summed E-state index contributed by atoms with van der Waals surface area (Å²) in [7, 11) is 2.71. The largest absolute Gasteiger partial charge is 0.507 e. The summed E-state index contributed by atoms with van der Waals surface area (Å²) in [4.78, 5) is 21.1. The summed E-state index contributed by atoms with van der Waals surface area (Å²) in [6, 6.07) is 10.6. The number of para-hydroxylation sites is 1. The van der Waals surface area contributed by atoms with Gasteiger partial charge in [0.15, 0.2) is 11.5 Å². The molecule has 2 aromatic rings. The summed E-state index contributed by atoms with van der Waals surface area (Å²) >= 11 is 0. The van der Waals surface area contributed by atoms with Crippen molar-refractivity contribution in [3.05, 3.63) is 77.4 Å². The Morgan fingerprint density at radius 3 is 2.31 bits per heavy atom. The molecule has 2 N–H and O–H groups in total. The van der Waals surface area contributed by atoms with E-state index in [1.54, 1.807) is 17.7 Å². The fourth-order valence-corrected chi connectivity index (χ4v) is 2.94. The lowest BCUT2D eigenvalue weighted by Gasteiger charge is -2.19. The van der Waals surface area contributed by atoms with Crippen LogP contribution in [0.3, 0.4) is 0 Å². The molecule has 1 aliphatic carbocycles. The second-order valence-electron chi connectivity index (χ2n) is 7.43. The first kappa shape index (κ1) is 26.5. The van der Waals surface area contributed by atoms with E-state index >= 15 is 0 Å². The van der Waals surface area contributed by atoms with Crippen LogP contribution < -0.4 is 4.74 Å². The van der Waals surface area contributed by atoms with Crippen LogP contribution in [-0.4, -0.2) is 36.7 Å². The molecule has 0 unspecified atom stereocenters. The molecule has 0 fully saturated rings. The molecule has 0 amide bonds. The van der Waals surface area contributed by atoms with Gasteiger partial charge in [-0.15, -0.1) is 0 Å². The molecular weight excluding hydrogens is 408 g/mol. The minimum absolute atomic E-state index is 0.0399. The predicted octanol–water partition coefficient (Wildman–Crippen LogP) is 5.70. The molecule has 0 aromatic heterocycles. The first-order valence-electron chi connectivity index (χ1n) is 10.2. The number of hydrogen-bond donors (Lipinski definition) is 2. The topological polar surface area (TPSA) is 93.1 Å². The van der Waals surface area contributed by atoms with Gasteiger partial charge in [0, 0.05) is 5.56 Å². The summed E-state index contributed by atoms with van der Waals surface area (Å²) in [5, 5.41) is 18.2. The van der Waals surface area contributed by atoms with Crippen LogP contribution in [0.5, 0.6) is 17.2 Å². The van der Waals surface area contributed by atoms with Crippen LogP contribution in [0, 0.1) is 5.92 Å². The SMILES string of the molecule is C=C(C)[C@H]1CC=C(C)CC1.COC(=O)c1ccccc1O.COc1cc(C=O)ccc1O. The van der Waals surface area contributed by atoms with Crippen molar-refractivity contribution in [3.63, 3.8) is 0 Å². The van der Waals surface area contributed by atoms with Crippen LogP contribution in [-0.2, 0) is 4.74 Å². The Hall–Kier alpha value is -3.54. The molecule has 6 heteroatoms. The van der Waals surface area contributed by atoms with Gasteiger partial charge in [0.1, 0.15) is 17.6 Å². The van der Waals surface area contributed by atoms with Crippen LogP contribution in [0.1, 0.15) is 53.8 Å². The molecule has 0 bridgehead atoms. The average Bonchev–Trinajstić information content (AvgIpc) is 2.80. The highest BCUT2D eigenvalue weighted by molar-refractivity contribution is 5.92. The van der Waals surface area contributed by atoms with E-state index in [1.165, 1.54) is 69.4 Å². The van der Waals surface area contributed by atoms with Crippen molar-refractivity contribution in [2.75, 3.05) is 14.2 Å². The van der Waals surface area contributed by atoms with E-state index in [1.807, 2.05) is 0 Å². The molecule has 0 spiro atoms. The quantitative estimate of drug-likeness (QED) is 0.360. The Morgan fingerprint density at radius 2 is 1.81 bits per heavy atom. The fourth-order valence-electron chi connectivity index (χ4n) is 2.94. The van der Waals surface area contributed by atoms with E-state index in [0.29, 0.717) is 17.6 Å². The molecular formula is C26H32O6. The van der Waals surface area contributed by atoms with E-state index in [2.05, 4.69) is 31.2 Å². The lowest BCUT2D eigenvalue weighted by Crippen LogP contribution is -2.04. The average molecular weight is 441 g/mol. The van der Waals surface area contributed by atoms with Crippen molar-refractivity contribution in [2.24, 2.45) is 5.92 Å². The van der Waals surface area contributed by atoms with Gasteiger partial charge in [0.05, 0.1) is 14.2 Å². The van der Waals surface area contributed by atoms with Crippen LogP contribution in [0.25, 0.3) is 0 Å². The second kappa shape index (κ2) is 13.7. The van der Waals surface area contributed by atoms with Gasteiger partial charge in [-0.05, 0) is 69.4 Å². The maximum Gasteiger partial charge on any atom is 0.341 e. The molecule has 1 aliphatic rings. The molecule has 0 radical (unpaired) electrons. The van der Waals surface area contributed by atoms with Gasteiger partial charge in [-0.1, -0.05) is 35.9 Å². The highest BCUT2D eigenvalue weighted by Crippen LogP contribution is 2.27. The number of aldehydes is 1. The third-order valence-electron chi connectivity index (χ3n) is 4.98. The number of esters is 1. The number of methoxy groups -OCH3 is 2. The van der Waals surface area contributed by atoms with Crippen molar-refractivity contribution in [3.8, 4) is 17.2 Å². The molecule has 3 rings (SSSR count). The van der Waals surface area contributed by atoms with E-state index in [-0.39, 0.29) is 17.1 Å². The Morgan fingerprint density at radius 1 is 1.12 bits per heavy atom. The Bertz CT molecular complexity index is 945. The Labute approximate surface area is 189 Å². The molecule has 32 heavy (non-hydrogen) atoms. The van der Waals surface area contributed by atoms with Crippen LogP contribution >= 0.6 is 0 Å². The van der Waals surface area contributed by atoms with Crippen molar-refractivity contribution >= 4 is 12.3 Å². The van der Waals surface area contributed by atoms with Gasteiger partial charge >= 0.3 is 5.97 Å². The number of phenols is 2. The number of carbonyl (C=O) groups is 2. The minimum Gasteiger partial charge on any atom is -0.507 e. The molecule has 0 heterocycles. The lowest BCUT2D eigenvalue weighted by atomic mass is 9.86. The maximum absolute atomic E-state index is 10.9. The standard InChI is InChI=1S/C10H16.2C8H8O3/c1-8(2)10-6-4-9(3)5-7-10;1-11-8-4-6(5-9)2-3-7(8)10;1-11-8(10)6-4-2-3-5-7(6)9/h4,10H,1,5-7H2,2-3H3;2-5,10H,1H3;2-5,9H,1H3/t10-;;/m0../s1. The number of hydrogen-bond acceptors (Lipinski definition) is 6. The van der Waals surface area contributed by atoms with Gasteiger partial charge in [-0.25, -0.2) is 4.79 Å². The summed E-state index contributed by atoms with van der Waals surface area (Å²) in [5.41, 5.74) is 3.58. The van der Waals surface area contributed by atoms with Gasteiger partial charge in [-0.3, -0.25) is 4.79 Å². The summed E-state index contributed by atoms with van der Waals surface area (Å²) in [6.45, 7) is 8.33. The van der Waals surface area contributed by atoms with Gasteiger partial charge in [0.25, 0.3) is 0 Å². The van der Waals surface area contributed by atoms with Crippen molar-refractivity contribution < 1.29 is 29.3 Å². The summed E-state index contributed by atoms with van der Waals surface area (Å²) < 4.78 is 9.20. The molecule has 2 aromatic carbocycles. The zero-order valence-corrected chi connectivity index (χ0v) is 19.1. The molecule has 0 saturated carbocycles. The van der Waals surface area contributed by atoms with E-state index in [0.717, 1.165) is 5.92 Å². The molecule has 0 saturated heterocycles. The number of benzene rings is 2. The Balaban J connectivity index is 0.000000240. The van der Waals surface area contributed by atoms with Gasteiger partial charge in [-0.2, -0.15) is 0 Å². The first-order chi connectivity index (χ1) is 15.2. The van der Waals surface area contributed by atoms with Crippen LogP contribution in [0.2, 0.25) is 0 Å². The number of aromatic hydroxyl groups is 2. The zero-order valence-electron chi connectivity index (χ0n) is 19.1. The number of rotatable bonds is 4. The van der Waals surface area contributed by atoms with E-state index in [9.17, 15) is 9.59 Å². The van der Waals surface area contributed by atoms with E-state index < -0.39 is 5.97 Å².